The van der Waals surface area contributed by atoms with Crippen molar-refractivity contribution in [1.29, 1.82) is 5.26 Å². The average Bonchev–Trinajstić information content (AvgIpc) is 3.43. The van der Waals surface area contributed by atoms with E-state index in [0.717, 1.165) is 35.1 Å². The molecule has 5 rings (SSSR count). The van der Waals surface area contributed by atoms with Gasteiger partial charge >= 0.3 is 6.18 Å². The molecule has 9 heteroatoms. The van der Waals surface area contributed by atoms with Crippen LogP contribution in [0.3, 0.4) is 0 Å². The number of aromatic nitrogens is 2. The molecule has 170 valence electrons. The van der Waals surface area contributed by atoms with Crippen molar-refractivity contribution in [3.8, 4) is 6.07 Å². The number of alkyl halides is 3. The average molecular weight is 453 g/mol. The lowest BCUT2D eigenvalue weighted by molar-refractivity contribution is -0.138. The number of nitriles is 1. The minimum Gasteiger partial charge on any atom is -0.374 e. The maximum atomic E-state index is 13.8. The molecule has 0 amide bonds. The van der Waals surface area contributed by atoms with Gasteiger partial charge in [0.2, 0.25) is 0 Å². The monoisotopic (exact) mass is 453 g/mol. The minimum atomic E-state index is -4.65. The first-order chi connectivity index (χ1) is 15.8. The number of aryl methyl sites for hydroxylation is 1. The van der Waals surface area contributed by atoms with Crippen molar-refractivity contribution >= 4 is 22.3 Å². The first kappa shape index (κ1) is 21.5. The minimum absolute atomic E-state index is 0.0118. The van der Waals surface area contributed by atoms with Crippen LogP contribution in [0, 0.1) is 18.3 Å². The number of halogens is 3. The fourth-order valence-corrected chi connectivity index (χ4v) is 4.90. The predicted molar refractivity (Wildman–Crippen MR) is 118 cm³/mol. The second kappa shape index (κ2) is 7.89. The Bertz CT molecular complexity index is 1270. The third kappa shape index (κ3) is 3.74. The molecule has 2 fully saturated rings. The second-order valence-corrected chi connectivity index (χ2v) is 8.61. The van der Waals surface area contributed by atoms with Crippen LogP contribution < -0.4 is 10.2 Å². The van der Waals surface area contributed by atoms with Gasteiger partial charge in [-0.3, -0.25) is 0 Å². The lowest BCUT2D eigenvalue weighted by Gasteiger charge is -2.29. The van der Waals surface area contributed by atoms with E-state index in [1.165, 1.54) is 18.2 Å². The molecule has 2 aliphatic rings. The summed E-state index contributed by atoms with van der Waals surface area (Å²) in [6.45, 7) is 5.00. The molecule has 0 radical (unpaired) electrons. The topological polar surface area (TPSA) is 74.1 Å². The van der Waals surface area contributed by atoms with Crippen molar-refractivity contribution in [2.24, 2.45) is 0 Å². The summed E-state index contributed by atoms with van der Waals surface area (Å²) in [5, 5.41) is 22.5. The highest BCUT2D eigenvalue weighted by Gasteiger charge is 2.39. The molecular weight excluding hydrogens is 431 g/mol. The summed E-state index contributed by atoms with van der Waals surface area (Å²) < 4.78 is 47.0. The van der Waals surface area contributed by atoms with E-state index in [0.29, 0.717) is 18.5 Å². The number of morpholine rings is 1. The van der Waals surface area contributed by atoms with Crippen LogP contribution in [0.1, 0.15) is 41.8 Å². The van der Waals surface area contributed by atoms with Crippen molar-refractivity contribution in [2.45, 2.75) is 44.6 Å². The molecule has 0 unspecified atom stereocenters. The van der Waals surface area contributed by atoms with Crippen molar-refractivity contribution in [3.63, 3.8) is 0 Å². The number of nitrogens with one attached hydrogen (secondary N) is 1. The van der Waals surface area contributed by atoms with Crippen LogP contribution in [0.15, 0.2) is 36.4 Å². The highest BCUT2D eigenvalue weighted by molar-refractivity contribution is 5.95. The van der Waals surface area contributed by atoms with Gasteiger partial charge in [-0.2, -0.15) is 23.5 Å². The van der Waals surface area contributed by atoms with E-state index in [-0.39, 0.29) is 11.7 Å². The lowest BCUT2D eigenvalue weighted by atomic mass is 9.96. The van der Waals surface area contributed by atoms with Gasteiger partial charge < -0.3 is 15.0 Å². The molecule has 33 heavy (non-hydrogen) atoms. The van der Waals surface area contributed by atoms with Crippen LogP contribution in [0.2, 0.25) is 0 Å². The number of benzene rings is 2. The van der Waals surface area contributed by atoms with E-state index in [1.54, 1.807) is 13.0 Å². The normalized spacial score (nSPS) is 20.8. The number of ether oxygens (including phenoxy) is 1. The van der Waals surface area contributed by atoms with E-state index >= 15 is 0 Å². The van der Waals surface area contributed by atoms with Crippen molar-refractivity contribution < 1.29 is 17.9 Å². The third-order valence-corrected chi connectivity index (χ3v) is 6.50. The molecule has 2 aliphatic heterocycles. The number of nitrogens with zero attached hydrogens (tertiary/aromatic N) is 4. The molecule has 0 saturated carbocycles. The Morgan fingerprint density at radius 2 is 2.03 bits per heavy atom. The van der Waals surface area contributed by atoms with Gasteiger partial charge in [0.05, 0.1) is 47.7 Å². The number of anilines is 2. The zero-order valence-electron chi connectivity index (χ0n) is 18.1. The Labute approximate surface area is 189 Å². The van der Waals surface area contributed by atoms with Crippen molar-refractivity contribution in [3.05, 3.63) is 58.8 Å². The fraction of sp³-hybridized carbons (Fsp3) is 0.375. The molecule has 1 N–H and O–H groups in total. The van der Waals surface area contributed by atoms with Crippen molar-refractivity contribution in [2.75, 3.05) is 23.4 Å². The number of rotatable bonds is 4. The molecular formula is C24H22F3N5O. The fourth-order valence-electron chi connectivity index (χ4n) is 4.90. The highest BCUT2D eigenvalue weighted by atomic mass is 19.4. The number of hydrogen-bond donors (Lipinski definition) is 1. The predicted octanol–water partition coefficient (Wildman–Crippen LogP) is 4.98. The van der Waals surface area contributed by atoms with Gasteiger partial charge in [0.15, 0.2) is 5.82 Å². The molecule has 6 nitrogen and oxygen atoms in total. The summed E-state index contributed by atoms with van der Waals surface area (Å²) in [6, 6.07) is 11.3. The zero-order valence-corrected chi connectivity index (χ0v) is 18.1. The van der Waals surface area contributed by atoms with Gasteiger partial charge in [0.1, 0.15) is 0 Å². The van der Waals surface area contributed by atoms with Gasteiger partial charge in [-0.05, 0) is 44.0 Å². The maximum Gasteiger partial charge on any atom is 0.418 e. The molecule has 3 aromatic rings. The molecule has 2 saturated heterocycles. The molecule has 2 aromatic carbocycles. The molecule has 3 atom stereocenters. The largest absolute Gasteiger partial charge is 0.418 e. The van der Waals surface area contributed by atoms with Crippen molar-refractivity contribution in [1.82, 2.24) is 10.2 Å². The van der Waals surface area contributed by atoms with E-state index in [1.807, 2.05) is 25.1 Å². The van der Waals surface area contributed by atoms with Crippen LogP contribution in [0.4, 0.5) is 24.7 Å². The summed E-state index contributed by atoms with van der Waals surface area (Å²) in [5.41, 5.74) is 0.433. The summed E-state index contributed by atoms with van der Waals surface area (Å²) in [7, 11) is 0. The molecule has 0 aliphatic carbocycles. The van der Waals surface area contributed by atoms with Gasteiger partial charge in [-0.15, -0.1) is 5.10 Å². The van der Waals surface area contributed by atoms with Gasteiger partial charge in [-0.25, -0.2) is 0 Å². The van der Waals surface area contributed by atoms with Gasteiger partial charge in [-0.1, -0.05) is 18.2 Å². The Kier molecular flexibility index (Phi) is 5.13. The number of hydrogen-bond acceptors (Lipinski definition) is 6. The van der Waals surface area contributed by atoms with E-state index in [9.17, 15) is 18.4 Å². The maximum absolute atomic E-state index is 13.8. The Balaban J connectivity index is 1.54. The SMILES string of the molecule is Cc1nnc(N[C@H](C)c2cccc(C#N)c2C(F)(F)F)c2cc(N3C[C@H]4C[C@@H]3CO4)ccc12. The quantitative estimate of drug-likeness (QED) is 0.601. The van der Waals surface area contributed by atoms with E-state index in [4.69, 9.17) is 4.74 Å². The lowest BCUT2D eigenvalue weighted by Crippen LogP contribution is -2.36. The second-order valence-electron chi connectivity index (χ2n) is 8.61. The standard InChI is InChI=1S/C24H22F3N5O/c1-13(20-5-3-4-15(10-28)22(20)24(25,26)27)29-23-21-9-16(6-7-19(21)14(2)30-31-23)32-11-18-8-17(32)12-33-18/h3-7,9,13,17-18H,8,11-12H2,1-2H3,(H,29,31)/t13-,17-,18-/m1/s1. The first-order valence-corrected chi connectivity index (χ1v) is 10.8. The van der Waals surface area contributed by atoms with Crippen LogP contribution >= 0.6 is 0 Å². The van der Waals surface area contributed by atoms with Gasteiger partial charge in [0, 0.05) is 23.0 Å². The molecule has 1 aromatic heterocycles. The summed E-state index contributed by atoms with van der Waals surface area (Å²) >= 11 is 0. The molecule has 2 bridgehead atoms. The van der Waals surface area contributed by atoms with E-state index < -0.39 is 23.3 Å². The summed E-state index contributed by atoms with van der Waals surface area (Å²) in [5.74, 6) is 0.404. The van der Waals surface area contributed by atoms with E-state index in [2.05, 4.69) is 20.4 Å². The highest BCUT2D eigenvalue weighted by Crippen LogP contribution is 2.39. The third-order valence-electron chi connectivity index (χ3n) is 6.50. The molecule has 0 spiro atoms. The summed E-state index contributed by atoms with van der Waals surface area (Å²) in [4.78, 5) is 2.31. The number of fused-ring (bicyclic) bond motifs is 3. The van der Waals surface area contributed by atoms with Crippen LogP contribution in [-0.2, 0) is 10.9 Å². The first-order valence-electron chi connectivity index (χ1n) is 10.8. The van der Waals surface area contributed by atoms with Crippen LogP contribution in [-0.4, -0.2) is 35.5 Å². The molecule has 3 heterocycles. The zero-order chi connectivity index (χ0) is 23.3. The Morgan fingerprint density at radius 1 is 1.21 bits per heavy atom. The Morgan fingerprint density at radius 3 is 2.70 bits per heavy atom. The van der Waals surface area contributed by atoms with Crippen LogP contribution in [0.5, 0.6) is 0 Å². The summed E-state index contributed by atoms with van der Waals surface area (Å²) in [6.07, 6.45) is -3.40. The Hall–Kier alpha value is -3.38. The smallest absolute Gasteiger partial charge is 0.374 e. The van der Waals surface area contributed by atoms with Gasteiger partial charge in [0.25, 0.3) is 0 Å². The van der Waals surface area contributed by atoms with Crippen LogP contribution in [0.25, 0.3) is 10.8 Å².